The van der Waals surface area contributed by atoms with Crippen LogP contribution in [0.15, 0.2) is 23.6 Å². The molecule has 1 aromatic heterocycles. The molecule has 2 aromatic rings. The average molecular weight is 383 g/mol. The van der Waals surface area contributed by atoms with E-state index in [2.05, 4.69) is 11.0 Å². The van der Waals surface area contributed by atoms with Crippen molar-refractivity contribution in [1.82, 2.24) is 4.98 Å². The van der Waals surface area contributed by atoms with Crippen LogP contribution in [-0.2, 0) is 9.53 Å². The summed E-state index contributed by atoms with van der Waals surface area (Å²) in [6.45, 7) is 2.27. The van der Waals surface area contributed by atoms with E-state index in [0.29, 0.717) is 35.5 Å². The molecule has 0 aliphatic carbocycles. The van der Waals surface area contributed by atoms with Crippen LogP contribution in [0, 0.1) is 17.2 Å². The number of carbonyl (C=O) groups excluding carboxylic acids is 1. The van der Waals surface area contributed by atoms with Crippen molar-refractivity contribution in [3.05, 3.63) is 29.1 Å². The van der Waals surface area contributed by atoms with Crippen molar-refractivity contribution >= 4 is 22.4 Å². The lowest BCUT2D eigenvalue weighted by Gasteiger charge is -2.37. The maximum absolute atomic E-state index is 12.1. The molecule has 0 radical (unpaired) electrons. The maximum atomic E-state index is 12.1. The minimum atomic E-state index is -0.0767. The van der Waals surface area contributed by atoms with E-state index in [9.17, 15) is 9.90 Å². The van der Waals surface area contributed by atoms with Crippen molar-refractivity contribution in [2.75, 3.05) is 11.5 Å². The smallest absolute Gasteiger partial charge is 0.309 e. The third kappa shape index (κ3) is 3.26. The molecule has 2 aliphatic heterocycles. The van der Waals surface area contributed by atoms with Crippen LogP contribution in [-0.4, -0.2) is 34.8 Å². The number of hydrogen-bond acceptors (Lipinski definition) is 7. The van der Waals surface area contributed by atoms with Crippen LogP contribution in [0.3, 0.4) is 0 Å². The molecule has 2 bridgehead atoms. The van der Waals surface area contributed by atoms with Gasteiger partial charge in [-0.15, -0.1) is 11.3 Å². The van der Waals surface area contributed by atoms with Gasteiger partial charge in [0.2, 0.25) is 0 Å². The Labute approximate surface area is 162 Å². The number of thiazole rings is 1. The van der Waals surface area contributed by atoms with Crippen molar-refractivity contribution in [1.29, 1.82) is 5.26 Å². The van der Waals surface area contributed by atoms with Crippen molar-refractivity contribution in [3.8, 4) is 23.1 Å². The van der Waals surface area contributed by atoms with Gasteiger partial charge in [-0.25, -0.2) is 4.98 Å². The van der Waals surface area contributed by atoms with Gasteiger partial charge >= 0.3 is 5.97 Å². The van der Waals surface area contributed by atoms with Crippen molar-refractivity contribution < 1.29 is 14.6 Å². The summed E-state index contributed by atoms with van der Waals surface area (Å²) >= 11 is 1.55. The molecule has 7 heteroatoms. The molecule has 1 N–H and O–H groups in total. The molecule has 2 saturated heterocycles. The lowest BCUT2D eigenvalue weighted by Crippen LogP contribution is -2.45. The molecule has 2 fully saturated rings. The summed E-state index contributed by atoms with van der Waals surface area (Å²) < 4.78 is 5.22. The van der Waals surface area contributed by atoms with Crippen LogP contribution < -0.4 is 4.90 Å². The number of esters is 1. The van der Waals surface area contributed by atoms with Gasteiger partial charge in [-0.3, -0.25) is 4.79 Å². The summed E-state index contributed by atoms with van der Waals surface area (Å²) in [7, 11) is 0. The second-order valence-electron chi connectivity index (χ2n) is 7.07. The van der Waals surface area contributed by atoms with Gasteiger partial charge in [-0.05, 0) is 50.8 Å². The highest BCUT2D eigenvalue weighted by atomic mass is 32.1. The number of rotatable bonds is 4. The molecule has 6 nitrogen and oxygen atoms in total. The number of piperidine rings is 1. The number of phenolic OH excluding ortho intramolecular Hbond substituents is 1. The maximum Gasteiger partial charge on any atom is 0.309 e. The number of fused-ring (bicyclic) bond motifs is 2. The Morgan fingerprint density at radius 1 is 1.41 bits per heavy atom. The van der Waals surface area contributed by atoms with E-state index in [1.54, 1.807) is 23.5 Å². The molecule has 4 rings (SSSR count). The topological polar surface area (TPSA) is 86.5 Å². The zero-order chi connectivity index (χ0) is 19.0. The number of phenols is 1. The first-order chi connectivity index (χ1) is 13.1. The van der Waals surface area contributed by atoms with E-state index < -0.39 is 0 Å². The third-order valence-electron chi connectivity index (χ3n) is 5.47. The number of anilines is 1. The Balaban J connectivity index is 1.57. The van der Waals surface area contributed by atoms with Gasteiger partial charge in [0.05, 0.1) is 29.9 Å². The minimum Gasteiger partial charge on any atom is -0.507 e. The van der Waals surface area contributed by atoms with Gasteiger partial charge in [0, 0.05) is 23.0 Å². The van der Waals surface area contributed by atoms with Gasteiger partial charge in [-0.2, -0.15) is 5.26 Å². The summed E-state index contributed by atoms with van der Waals surface area (Å²) in [4.78, 5) is 19.2. The first-order valence-electron chi connectivity index (χ1n) is 9.24. The van der Waals surface area contributed by atoms with Crippen LogP contribution in [0.2, 0.25) is 0 Å². The Bertz CT molecular complexity index is 890. The molecule has 2 unspecified atom stereocenters. The number of nitriles is 1. The lowest BCUT2D eigenvalue weighted by atomic mass is 9.91. The molecule has 2 aliphatic rings. The number of aromatic nitrogens is 1. The van der Waals surface area contributed by atoms with Gasteiger partial charge in [-0.1, -0.05) is 0 Å². The number of aromatic hydroxyl groups is 1. The molecule has 2 atom stereocenters. The van der Waals surface area contributed by atoms with Crippen molar-refractivity contribution in [2.45, 2.75) is 44.7 Å². The van der Waals surface area contributed by atoms with E-state index >= 15 is 0 Å². The molecule has 0 saturated carbocycles. The normalized spacial score (nSPS) is 23.9. The Hall–Kier alpha value is -2.59. The van der Waals surface area contributed by atoms with Crippen molar-refractivity contribution in [2.24, 2.45) is 5.92 Å². The number of hydrogen-bond donors (Lipinski definition) is 1. The van der Waals surface area contributed by atoms with Gasteiger partial charge in [0.15, 0.2) is 5.13 Å². The molecule has 27 heavy (non-hydrogen) atoms. The van der Waals surface area contributed by atoms with E-state index in [0.717, 1.165) is 30.8 Å². The molecule has 140 valence electrons. The van der Waals surface area contributed by atoms with Crippen LogP contribution in [0.1, 0.15) is 38.2 Å². The summed E-state index contributed by atoms with van der Waals surface area (Å²) in [5.41, 5.74) is 1.74. The summed E-state index contributed by atoms with van der Waals surface area (Å²) in [5, 5.41) is 22.1. The standard InChI is InChI=1S/C20H21N3O3S/c1-2-26-19(25)13-8-14-4-5-15(9-13)23(14)20-22-17(11-27-20)16-7-12(10-21)3-6-18(16)24/h3,6-7,11,13-15,24H,2,4-5,8-9H2,1H3. The second-order valence-corrected chi connectivity index (χ2v) is 7.91. The summed E-state index contributed by atoms with van der Waals surface area (Å²) in [5.74, 6) is 0.0245. The Morgan fingerprint density at radius 2 is 2.15 bits per heavy atom. The first-order valence-corrected chi connectivity index (χ1v) is 10.1. The highest BCUT2D eigenvalue weighted by Crippen LogP contribution is 2.44. The quantitative estimate of drug-likeness (QED) is 0.810. The van der Waals surface area contributed by atoms with Crippen LogP contribution in [0.4, 0.5) is 5.13 Å². The van der Waals surface area contributed by atoms with E-state index in [-0.39, 0.29) is 17.6 Å². The van der Waals surface area contributed by atoms with Gasteiger partial charge in [0.1, 0.15) is 5.75 Å². The molecular formula is C20H21N3O3S. The van der Waals surface area contributed by atoms with Crippen LogP contribution in [0.5, 0.6) is 5.75 Å². The third-order valence-corrected chi connectivity index (χ3v) is 6.32. The zero-order valence-electron chi connectivity index (χ0n) is 15.1. The zero-order valence-corrected chi connectivity index (χ0v) is 15.9. The fraction of sp³-hybridized carbons (Fsp3) is 0.450. The van der Waals surface area contributed by atoms with Gasteiger partial charge in [0.25, 0.3) is 0 Å². The molecule has 1 aromatic carbocycles. The first kappa shape index (κ1) is 17.8. The predicted molar refractivity (Wildman–Crippen MR) is 103 cm³/mol. The highest BCUT2D eigenvalue weighted by Gasteiger charge is 2.44. The lowest BCUT2D eigenvalue weighted by molar-refractivity contribution is -0.149. The fourth-order valence-electron chi connectivity index (χ4n) is 4.26. The number of ether oxygens (including phenoxy) is 1. The van der Waals surface area contributed by atoms with E-state index in [4.69, 9.17) is 15.0 Å². The number of benzene rings is 1. The molecular weight excluding hydrogens is 362 g/mol. The molecule has 0 spiro atoms. The number of carbonyl (C=O) groups is 1. The molecule has 3 heterocycles. The predicted octanol–water partition coefficient (Wildman–Crippen LogP) is 3.70. The SMILES string of the molecule is CCOC(=O)C1CC2CCC(C1)N2c1nc(-c2cc(C#N)ccc2O)cs1. The highest BCUT2D eigenvalue weighted by molar-refractivity contribution is 7.14. The summed E-state index contributed by atoms with van der Waals surface area (Å²) in [6.07, 6.45) is 3.73. The average Bonchev–Trinajstić information content (AvgIpc) is 3.24. The van der Waals surface area contributed by atoms with Crippen molar-refractivity contribution in [3.63, 3.8) is 0 Å². The largest absolute Gasteiger partial charge is 0.507 e. The fourth-order valence-corrected chi connectivity index (χ4v) is 5.23. The van der Waals surface area contributed by atoms with Crippen LogP contribution >= 0.6 is 11.3 Å². The van der Waals surface area contributed by atoms with E-state index in [1.165, 1.54) is 6.07 Å². The Morgan fingerprint density at radius 3 is 2.81 bits per heavy atom. The monoisotopic (exact) mass is 383 g/mol. The summed E-state index contributed by atoms with van der Waals surface area (Å²) in [6, 6.07) is 7.48. The van der Waals surface area contributed by atoms with Gasteiger partial charge < -0.3 is 14.7 Å². The minimum absolute atomic E-state index is 0.0190. The molecule has 0 amide bonds. The van der Waals surface area contributed by atoms with Crippen LogP contribution in [0.25, 0.3) is 11.3 Å². The number of nitrogens with zero attached hydrogens (tertiary/aromatic N) is 3. The second kappa shape index (κ2) is 7.20. The van der Waals surface area contributed by atoms with E-state index in [1.807, 2.05) is 12.3 Å². The Kier molecular flexibility index (Phi) is 4.75.